The number of hydrogen-bond acceptors (Lipinski definition) is 4. The van der Waals surface area contributed by atoms with Gasteiger partial charge >= 0.3 is 0 Å². The maximum Gasteiger partial charge on any atom is 0.262 e. The van der Waals surface area contributed by atoms with E-state index in [9.17, 15) is 8.42 Å². The molecule has 0 saturated carbocycles. The van der Waals surface area contributed by atoms with E-state index in [1.54, 1.807) is 62.5 Å². The fraction of sp³-hybridized carbons (Fsp3) is 0.118. The van der Waals surface area contributed by atoms with Crippen molar-refractivity contribution in [1.29, 1.82) is 0 Å². The summed E-state index contributed by atoms with van der Waals surface area (Å²) in [4.78, 5) is 4.21. The van der Waals surface area contributed by atoms with Crippen LogP contribution >= 0.6 is 11.6 Å². The summed E-state index contributed by atoms with van der Waals surface area (Å²) in [6.07, 6.45) is 1.57. The van der Waals surface area contributed by atoms with Crippen molar-refractivity contribution in [1.82, 2.24) is 4.98 Å². The third-order valence-electron chi connectivity index (χ3n) is 3.46. The highest BCUT2D eigenvalue weighted by molar-refractivity contribution is 7.92. The van der Waals surface area contributed by atoms with Gasteiger partial charge in [0.1, 0.15) is 0 Å². The molecule has 1 N–H and O–H groups in total. The third kappa shape index (κ3) is 3.44. The predicted octanol–water partition coefficient (Wildman–Crippen LogP) is 4.41. The number of benzene rings is 2. The monoisotopic (exact) mass is 362 g/mol. The fourth-order valence-electron chi connectivity index (χ4n) is 2.30. The Morgan fingerprint density at radius 1 is 1.12 bits per heavy atom. The van der Waals surface area contributed by atoms with Gasteiger partial charge in [0, 0.05) is 17.5 Å². The average Bonchev–Trinajstić information content (AvgIpc) is 2.93. The van der Waals surface area contributed by atoms with E-state index in [0.717, 1.165) is 0 Å². The molecule has 2 aromatic carbocycles. The summed E-state index contributed by atoms with van der Waals surface area (Å²) < 4.78 is 33.5. The molecule has 0 aliphatic rings. The van der Waals surface area contributed by atoms with Crippen LogP contribution < -0.4 is 4.72 Å². The zero-order valence-corrected chi connectivity index (χ0v) is 14.6. The third-order valence-corrected chi connectivity index (χ3v) is 5.22. The first-order chi connectivity index (χ1) is 11.3. The lowest BCUT2D eigenvalue weighted by Gasteiger charge is -2.11. The second kappa shape index (κ2) is 6.30. The van der Waals surface area contributed by atoms with Crippen LogP contribution in [0.15, 0.2) is 58.0 Å². The molecule has 0 amide bonds. The first-order valence-electron chi connectivity index (χ1n) is 7.17. The molecule has 0 atom stereocenters. The highest BCUT2D eigenvalue weighted by Crippen LogP contribution is 2.27. The van der Waals surface area contributed by atoms with Crippen LogP contribution in [0.1, 0.15) is 11.5 Å². The summed E-state index contributed by atoms with van der Waals surface area (Å²) >= 11 is 5.90. The molecule has 3 aromatic rings. The Labute approximate surface area is 145 Å². The van der Waals surface area contributed by atoms with E-state index < -0.39 is 10.0 Å². The first kappa shape index (κ1) is 16.5. The molecule has 124 valence electrons. The minimum Gasteiger partial charge on any atom is -0.441 e. The normalized spacial score (nSPS) is 11.5. The second-order valence-corrected chi connectivity index (χ2v) is 7.43. The van der Waals surface area contributed by atoms with Crippen LogP contribution in [0, 0.1) is 13.8 Å². The maximum absolute atomic E-state index is 12.7. The molecule has 7 heteroatoms. The number of rotatable bonds is 4. The van der Waals surface area contributed by atoms with Crippen molar-refractivity contribution >= 4 is 27.3 Å². The molecule has 0 unspecified atom stereocenters. The summed E-state index contributed by atoms with van der Waals surface area (Å²) in [6, 6.07) is 11.7. The standard InChI is InChI=1S/C17H15ClN2O3S/c1-11-6-7-13(16-10-19-12(2)23-16)8-17(11)24(21,22)20-15-5-3-4-14(18)9-15/h3-10,20H,1-2H3. The molecule has 3 rings (SSSR count). The summed E-state index contributed by atoms with van der Waals surface area (Å²) in [5.41, 5.74) is 1.68. The number of aromatic nitrogens is 1. The van der Waals surface area contributed by atoms with Crippen LogP contribution in [0.2, 0.25) is 5.02 Å². The van der Waals surface area contributed by atoms with Crippen molar-refractivity contribution in [3.8, 4) is 11.3 Å². The average molecular weight is 363 g/mol. The van der Waals surface area contributed by atoms with Crippen molar-refractivity contribution in [2.24, 2.45) is 0 Å². The van der Waals surface area contributed by atoms with Gasteiger partial charge in [-0.3, -0.25) is 4.72 Å². The van der Waals surface area contributed by atoms with Gasteiger partial charge in [-0.25, -0.2) is 13.4 Å². The lowest BCUT2D eigenvalue weighted by molar-refractivity contribution is 0.534. The van der Waals surface area contributed by atoms with Crippen LogP contribution in [0.5, 0.6) is 0 Å². The molecule has 0 saturated heterocycles. The number of oxazole rings is 1. The number of anilines is 1. The fourth-order valence-corrected chi connectivity index (χ4v) is 3.81. The van der Waals surface area contributed by atoms with Gasteiger partial charge < -0.3 is 4.42 Å². The maximum atomic E-state index is 12.7. The van der Waals surface area contributed by atoms with E-state index in [1.807, 2.05) is 0 Å². The summed E-state index contributed by atoms with van der Waals surface area (Å²) in [7, 11) is -3.76. The van der Waals surface area contributed by atoms with Gasteiger partial charge in [-0.05, 0) is 36.8 Å². The van der Waals surface area contributed by atoms with Crippen LogP contribution in [0.25, 0.3) is 11.3 Å². The lowest BCUT2D eigenvalue weighted by Crippen LogP contribution is -2.14. The number of nitrogens with zero attached hydrogens (tertiary/aromatic N) is 1. The molecular formula is C17H15ClN2O3S. The van der Waals surface area contributed by atoms with E-state index >= 15 is 0 Å². The second-order valence-electron chi connectivity index (χ2n) is 5.34. The van der Waals surface area contributed by atoms with Crippen LogP contribution in [-0.2, 0) is 10.0 Å². The predicted molar refractivity (Wildman–Crippen MR) is 93.7 cm³/mol. The largest absolute Gasteiger partial charge is 0.441 e. The van der Waals surface area contributed by atoms with E-state index in [2.05, 4.69) is 9.71 Å². The van der Waals surface area contributed by atoms with E-state index in [0.29, 0.717) is 33.5 Å². The molecule has 5 nitrogen and oxygen atoms in total. The number of hydrogen-bond donors (Lipinski definition) is 1. The molecule has 1 aromatic heterocycles. The van der Waals surface area contributed by atoms with E-state index in [-0.39, 0.29) is 4.90 Å². The molecule has 0 spiro atoms. The van der Waals surface area contributed by atoms with E-state index in [1.165, 1.54) is 0 Å². The van der Waals surface area contributed by atoms with Gasteiger partial charge in [0.15, 0.2) is 11.7 Å². The Hall–Kier alpha value is -2.31. The van der Waals surface area contributed by atoms with Gasteiger partial charge in [0.05, 0.1) is 16.8 Å². The van der Waals surface area contributed by atoms with Gasteiger partial charge in [-0.2, -0.15) is 0 Å². The molecular weight excluding hydrogens is 348 g/mol. The van der Waals surface area contributed by atoms with Crippen molar-refractivity contribution in [3.63, 3.8) is 0 Å². The number of nitrogens with one attached hydrogen (secondary N) is 1. The van der Waals surface area contributed by atoms with Crippen molar-refractivity contribution < 1.29 is 12.8 Å². The highest BCUT2D eigenvalue weighted by atomic mass is 35.5. The Kier molecular flexibility index (Phi) is 4.34. The van der Waals surface area contributed by atoms with Crippen molar-refractivity contribution in [2.45, 2.75) is 18.7 Å². The first-order valence-corrected chi connectivity index (χ1v) is 9.03. The van der Waals surface area contributed by atoms with Crippen molar-refractivity contribution in [2.75, 3.05) is 4.72 Å². The Morgan fingerprint density at radius 2 is 1.92 bits per heavy atom. The molecule has 0 radical (unpaired) electrons. The number of sulfonamides is 1. The Morgan fingerprint density at radius 3 is 2.58 bits per heavy atom. The van der Waals surface area contributed by atoms with Crippen LogP contribution in [0.3, 0.4) is 0 Å². The smallest absolute Gasteiger partial charge is 0.262 e. The molecule has 0 bridgehead atoms. The minimum atomic E-state index is -3.76. The number of halogens is 1. The topological polar surface area (TPSA) is 72.2 Å². The lowest BCUT2D eigenvalue weighted by atomic mass is 10.1. The van der Waals surface area contributed by atoms with Gasteiger partial charge in [-0.15, -0.1) is 0 Å². The zero-order valence-electron chi connectivity index (χ0n) is 13.1. The molecule has 24 heavy (non-hydrogen) atoms. The quantitative estimate of drug-likeness (QED) is 0.746. The number of aryl methyl sites for hydroxylation is 2. The van der Waals surface area contributed by atoms with Crippen LogP contribution in [-0.4, -0.2) is 13.4 Å². The van der Waals surface area contributed by atoms with Gasteiger partial charge in [0.2, 0.25) is 0 Å². The van der Waals surface area contributed by atoms with Gasteiger partial charge in [0.25, 0.3) is 10.0 Å². The summed E-state index contributed by atoms with van der Waals surface area (Å²) in [5.74, 6) is 1.04. The molecule has 1 heterocycles. The SMILES string of the molecule is Cc1ncc(-c2ccc(C)c(S(=O)(=O)Nc3cccc(Cl)c3)c2)o1. The summed E-state index contributed by atoms with van der Waals surface area (Å²) in [6.45, 7) is 3.47. The van der Waals surface area contributed by atoms with Gasteiger partial charge in [-0.1, -0.05) is 29.8 Å². The Balaban J connectivity index is 2.01. The van der Waals surface area contributed by atoms with Crippen molar-refractivity contribution in [3.05, 3.63) is 65.1 Å². The zero-order chi connectivity index (χ0) is 17.3. The molecule has 0 aliphatic heterocycles. The Bertz CT molecular complexity index is 997. The van der Waals surface area contributed by atoms with E-state index in [4.69, 9.17) is 16.0 Å². The molecule has 0 fully saturated rings. The highest BCUT2D eigenvalue weighted by Gasteiger charge is 2.19. The summed E-state index contributed by atoms with van der Waals surface area (Å²) in [5, 5.41) is 0.456. The van der Waals surface area contributed by atoms with Crippen LogP contribution in [0.4, 0.5) is 5.69 Å². The minimum absolute atomic E-state index is 0.175. The molecule has 0 aliphatic carbocycles.